The fraction of sp³-hybridized carbons (Fsp3) is 0.444. The molecule has 1 saturated heterocycles. The highest BCUT2D eigenvalue weighted by Gasteiger charge is 2.24. The molecule has 0 radical (unpaired) electrons. The number of benzene rings is 1. The van der Waals surface area contributed by atoms with Gasteiger partial charge in [0, 0.05) is 17.6 Å². The Hall–Kier alpha value is -1.72. The summed E-state index contributed by atoms with van der Waals surface area (Å²) >= 11 is 1.50. The molecule has 1 aliphatic heterocycles. The molecule has 0 saturated carbocycles. The third kappa shape index (κ3) is 3.79. The zero-order valence-electron chi connectivity index (χ0n) is 13.5. The highest BCUT2D eigenvalue weighted by Crippen LogP contribution is 2.24. The summed E-state index contributed by atoms with van der Waals surface area (Å²) in [5.41, 5.74) is 2.83. The van der Waals surface area contributed by atoms with E-state index < -0.39 is 0 Å². The number of ether oxygens (including phenoxy) is 1. The first-order valence-electron chi connectivity index (χ1n) is 8.14. The zero-order valence-corrected chi connectivity index (χ0v) is 14.4. The second kappa shape index (κ2) is 7.23. The number of thiazole rings is 1. The van der Waals surface area contributed by atoms with Crippen molar-refractivity contribution >= 4 is 17.2 Å². The summed E-state index contributed by atoms with van der Waals surface area (Å²) in [6.45, 7) is 4.92. The van der Waals surface area contributed by atoms with Crippen LogP contribution in [-0.2, 0) is 11.2 Å². The smallest absolute Gasteiger partial charge is 0.271 e. The molecule has 0 bridgehead atoms. The second-order valence-electron chi connectivity index (χ2n) is 5.90. The van der Waals surface area contributed by atoms with Crippen LogP contribution in [0.2, 0.25) is 0 Å². The van der Waals surface area contributed by atoms with Crippen molar-refractivity contribution in [1.29, 1.82) is 0 Å². The van der Waals surface area contributed by atoms with E-state index in [0.717, 1.165) is 36.4 Å². The molecule has 4 nitrogen and oxygen atoms in total. The first kappa shape index (κ1) is 16.1. The summed E-state index contributed by atoms with van der Waals surface area (Å²) in [4.78, 5) is 16.8. The van der Waals surface area contributed by atoms with Crippen LogP contribution >= 0.6 is 11.3 Å². The van der Waals surface area contributed by atoms with Crippen LogP contribution in [0.4, 0.5) is 0 Å². The van der Waals surface area contributed by atoms with Gasteiger partial charge in [0.05, 0.1) is 12.1 Å². The van der Waals surface area contributed by atoms with Crippen LogP contribution < -0.4 is 5.32 Å². The zero-order chi connectivity index (χ0) is 16.2. The third-order valence-electron chi connectivity index (χ3n) is 4.23. The maximum absolute atomic E-state index is 12.3. The van der Waals surface area contributed by atoms with E-state index in [0.29, 0.717) is 5.69 Å². The lowest BCUT2D eigenvalue weighted by molar-refractivity contribution is 0.0710. The predicted octanol–water partition coefficient (Wildman–Crippen LogP) is 3.67. The fourth-order valence-corrected chi connectivity index (χ4v) is 3.57. The van der Waals surface area contributed by atoms with Crippen molar-refractivity contribution in [3.8, 4) is 10.6 Å². The maximum Gasteiger partial charge on any atom is 0.271 e. The molecule has 2 aromatic rings. The van der Waals surface area contributed by atoms with Gasteiger partial charge in [-0.05, 0) is 31.7 Å². The van der Waals surface area contributed by atoms with Crippen LogP contribution in [0.25, 0.3) is 10.6 Å². The predicted molar refractivity (Wildman–Crippen MR) is 92.8 cm³/mol. The molecule has 1 fully saturated rings. The number of nitrogens with one attached hydrogen (secondary N) is 1. The Kier molecular flexibility index (Phi) is 5.08. The van der Waals surface area contributed by atoms with Gasteiger partial charge in [0.1, 0.15) is 10.7 Å². The Bertz CT molecular complexity index is 660. The molecule has 2 unspecified atom stereocenters. The topological polar surface area (TPSA) is 51.2 Å². The minimum absolute atomic E-state index is 0.0130. The summed E-state index contributed by atoms with van der Waals surface area (Å²) in [6, 6.07) is 8.35. The number of hydrogen-bond donors (Lipinski definition) is 1. The normalized spacial score (nSPS) is 18.8. The summed E-state index contributed by atoms with van der Waals surface area (Å²) in [5.74, 6) is -0.124. The summed E-state index contributed by atoms with van der Waals surface area (Å²) in [5, 5.41) is 5.70. The third-order valence-corrected chi connectivity index (χ3v) is 5.12. The summed E-state index contributed by atoms with van der Waals surface area (Å²) < 4.78 is 5.62. The minimum Gasteiger partial charge on any atom is -0.376 e. The van der Waals surface area contributed by atoms with Crippen LogP contribution in [0.5, 0.6) is 0 Å². The van der Waals surface area contributed by atoms with Gasteiger partial charge in [0.25, 0.3) is 5.91 Å². The largest absolute Gasteiger partial charge is 0.376 e. The Morgan fingerprint density at radius 3 is 2.87 bits per heavy atom. The van der Waals surface area contributed by atoms with Crippen LogP contribution in [0.15, 0.2) is 29.6 Å². The van der Waals surface area contributed by atoms with Crippen LogP contribution in [-0.4, -0.2) is 29.6 Å². The van der Waals surface area contributed by atoms with Gasteiger partial charge in [-0.15, -0.1) is 11.3 Å². The number of carbonyl (C=O) groups excluding carboxylic acids is 1. The van der Waals surface area contributed by atoms with E-state index in [1.165, 1.54) is 16.9 Å². The standard InChI is InChI=1S/C18H22N2O2S/c1-3-13-6-8-14(9-7-13)18-20-15(11-23-18)17(21)19-12(2)16-5-4-10-22-16/h6-9,11-12,16H,3-5,10H2,1-2H3,(H,19,21). The second-order valence-corrected chi connectivity index (χ2v) is 6.76. The Morgan fingerprint density at radius 1 is 1.43 bits per heavy atom. The van der Waals surface area contributed by atoms with Crippen LogP contribution in [0.3, 0.4) is 0 Å². The highest BCUT2D eigenvalue weighted by atomic mass is 32.1. The number of amides is 1. The van der Waals surface area contributed by atoms with E-state index in [9.17, 15) is 4.79 Å². The van der Waals surface area contributed by atoms with E-state index in [4.69, 9.17) is 4.74 Å². The van der Waals surface area contributed by atoms with Crippen molar-refractivity contribution in [2.24, 2.45) is 0 Å². The monoisotopic (exact) mass is 330 g/mol. The molecular weight excluding hydrogens is 308 g/mol. The Morgan fingerprint density at radius 2 is 2.22 bits per heavy atom. The van der Waals surface area contributed by atoms with E-state index in [2.05, 4.69) is 41.5 Å². The van der Waals surface area contributed by atoms with Crippen molar-refractivity contribution < 1.29 is 9.53 Å². The van der Waals surface area contributed by atoms with Crippen molar-refractivity contribution in [1.82, 2.24) is 10.3 Å². The van der Waals surface area contributed by atoms with Gasteiger partial charge in [-0.25, -0.2) is 4.98 Å². The lowest BCUT2D eigenvalue weighted by atomic mass is 10.1. The molecule has 122 valence electrons. The first-order valence-corrected chi connectivity index (χ1v) is 9.02. The summed E-state index contributed by atoms with van der Waals surface area (Å²) in [7, 11) is 0. The number of rotatable bonds is 5. The molecule has 3 rings (SSSR count). The lowest BCUT2D eigenvalue weighted by Crippen LogP contribution is -2.40. The molecule has 1 aliphatic rings. The average molecular weight is 330 g/mol. The van der Waals surface area contributed by atoms with Gasteiger partial charge in [-0.3, -0.25) is 4.79 Å². The van der Waals surface area contributed by atoms with Crippen molar-refractivity contribution in [2.75, 3.05) is 6.61 Å². The van der Waals surface area contributed by atoms with Gasteiger partial charge >= 0.3 is 0 Å². The molecule has 2 atom stereocenters. The summed E-state index contributed by atoms with van der Waals surface area (Å²) in [6.07, 6.45) is 3.22. The average Bonchev–Trinajstić information content (AvgIpc) is 3.26. The van der Waals surface area contributed by atoms with Gasteiger partial charge < -0.3 is 10.1 Å². The quantitative estimate of drug-likeness (QED) is 0.910. The molecule has 1 aromatic carbocycles. The molecule has 1 N–H and O–H groups in total. The number of aromatic nitrogens is 1. The van der Waals surface area contributed by atoms with Crippen molar-refractivity contribution in [3.05, 3.63) is 40.9 Å². The maximum atomic E-state index is 12.3. The van der Waals surface area contributed by atoms with Crippen molar-refractivity contribution in [2.45, 2.75) is 45.3 Å². The number of hydrogen-bond acceptors (Lipinski definition) is 4. The fourth-order valence-electron chi connectivity index (χ4n) is 2.76. The number of aryl methyl sites for hydroxylation is 1. The number of carbonyl (C=O) groups is 1. The van der Waals surface area contributed by atoms with Crippen LogP contribution in [0.1, 0.15) is 42.7 Å². The lowest BCUT2D eigenvalue weighted by Gasteiger charge is -2.19. The van der Waals surface area contributed by atoms with Gasteiger partial charge in [0.15, 0.2) is 0 Å². The van der Waals surface area contributed by atoms with Crippen molar-refractivity contribution in [3.63, 3.8) is 0 Å². The Balaban J connectivity index is 1.66. The van der Waals surface area contributed by atoms with E-state index >= 15 is 0 Å². The van der Waals surface area contributed by atoms with Crippen LogP contribution in [0, 0.1) is 0 Å². The molecule has 1 amide bonds. The molecule has 0 aliphatic carbocycles. The SMILES string of the molecule is CCc1ccc(-c2nc(C(=O)NC(C)C3CCCO3)cs2)cc1. The van der Waals surface area contributed by atoms with Gasteiger partial charge in [-0.1, -0.05) is 31.2 Å². The van der Waals surface area contributed by atoms with E-state index in [-0.39, 0.29) is 18.1 Å². The van der Waals surface area contributed by atoms with E-state index in [1.54, 1.807) is 0 Å². The molecule has 2 heterocycles. The first-order chi connectivity index (χ1) is 11.2. The van der Waals surface area contributed by atoms with Gasteiger partial charge in [0.2, 0.25) is 0 Å². The molecular formula is C18H22N2O2S. The Labute approximate surface area is 140 Å². The minimum atomic E-state index is -0.124. The number of nitrogens with zero attached hydrogens (tertiary/aromatic N) is 1. The highest BCUT2D eigenvalue weighted by molar-refractivity contribution is 7.13. The molecule has 5 heteroatoms. The molecule has 1 aromatic heterocycles. The van der Waals surface area contributed by atoms with Gasteiger partial charge in [-0.2, -0.15) is 0 Å². The molecule has 23 heavy (non-hydrogen) atoms. The van der Waals surface area contributed by atoms with E-state index in [1.807, 2.05) is 12.3 Å². The molecule has 0 spiro atoms.